The zero-order valence-electron chi connectivity index (χ0n) is 10.1. The van der Waals surface area contributed by atoms with Crippen molar-refractivity contribution in [1.82, 2.24) is 0 Å². The molecule has 17 heavy (non-hydrogen) atoms. The smallest absolute Gasteiger partial charge is 0.305 e. The van der Waals surface area contributed by atoms with Crippen molar-refractivity contribution in [2.24, 2.45) is 5.73 Å². The van der Waals surface area contributed by atoms with Gasteiger partial charge in [0.2, 0.25) is 5.82 Å². The van der Waals surface area contributed by atoms with Crippen molar-refractivity contribution in [2.45, 2.75) is 38.6 Å². The van der Waals surface area contributed by atoms with Crippen LogP contribution in [-0.2, 0) is 6.42 Å². The van der Waals surface area contributed by atoms with Crippen molar-refractivity contribution < 1.29 is 9.31 Å². The molecule has 0 aromatic heterocycles. The fourth-order valence-electron chi connectivity index (χ4n) is 1.94. The number of nitro benzene ring substituents is 1. The second-order valence-corrected chi connectivity index (χ2v) is 4.59. The first-order chi connectivity index (χ1) is 7.87. The van der Waals surface area contributed by atoms with Gasteiger partial charge in [-0.2, -0.15) is 4.39 Å². The zero-order valence-corrected chi connectivity index (χ0v) is 10.1. The molecule has 1 atom stereocenters. The average molecular weight is 240 g/mol. The van der Waals surface area contributed by atoms with E-state index in [-0.39, 0.29) is 0 Å². The number of nitrogens with two attached hydrogens (primary N) is 1. The number of rotatable bonds is 5. The van der Waals surface area contributed by atoms with Crippen molar-refractivity contribution in [3.05, 3.63) is 39.7 Å². The van der Waals surface area contributed by atoms with Crippen molar-refractivity contribution >= 4 is 5.69 Å². The van der Waals surface area contributed by atoms with Gasteiger partial charge in [-0.1, -0.05) is 25.5 Å². The minimum absolute atomic E-state index is 0.300. The molecule has 0 spiro atoms. The third-order valence-corrected chi connectivity index (χ3v) is 2.67. The van der Waals surface area contributed by atoms with Gasteiger partial charge in [0.05, 0.1) is 4.92 Å². The summed E-state index contributed by atoms with van der Waals surface area (Å²) in [4.78, 5) is 9.88. The van der Waals surface area contributed by atoms with E-state index in [4.69, 9.17) is 5.73 Å². The standard InChI is InChI=1S/C12H17FN2O2/c1-3-7-12(2,14)8-9-5-4-6-10(11(9)13)15(16)17/h4-6H,3,7-8,14H2,1-2H3. The summed E-state index contributed by atoms with van der Waals surface area (Å²) in [6.45, 7) is 3.82. The van der Waals surface area contributed by atoms with Crippen LogP contribution in [0.15, 0.2) is 18.2 Å². The highest BCUT2D eigenvalue weighted by Crippen LogP contribution is 2.24. The predicted molar refractivity (Wildman–Crippen MR) is 64.3 cm³/mol. The summed E-state index contributed by atoms with van der Waals surface area (Å²) in [7, 11) is 0. The number of nitro groups is 1. The number of nitrogens with zero attached hydrogens (tertiary/aromatic N) is 1. The summed E-state index contributed by atoms with van der Waals surface area (Å²) in [5, 5.41) is 10.6. The molecule has 0 amide bonds. The van der Waals surface area contributed by atoms with Crippen LogP contribution in [0.3, 0.4) is 0 Å². The molecular formula is C12H17FN2O2. The van der Waals surface area contributed by atoms with Crippen molar-refractivity contribution in [3.8, 4) is 0 Å². The summed E-state index contributed by atoms with van der Waals surface area (Å²) >= 11 is 0. The van der Waals surface area contributed by atoms with Crippen LogP contribution < -0.4 is 5.73 Å². The van der Waals surface area contributed by atoms with E-state index in [2.05, 4.69) is 0 Å². The van der Waals surface area contributed by atoms with Crippen molar-refractivity contribution in [3.63, 3.8) is 0 Å². The maximum Gasteiger partial charge on any atom is 0.305 e. The summed E-state index contributed by atoms with van der Waals surface area (Å²) in [6.07, 6.45) is 1.94. The Hall–Kier alpha value is -1.49. The lowest BCUT2D eigenvalue weighted by Crippen LogP contribution is -2.38. The van der Waals surface area contributed by atoms with E-state index in [9.17, 15) is 14.5 Å². The number of benzene rings is 1. The van der Waals surface area contributed by atoms with Gasteiger partial charge in [-0.25, -0.2) is 0 Å². The van der Waals surface area contributed by atoms with Crippen LogP contribution in [0.2, 0.25) is 0 Å². The second-order valence-electron chi connectivity index (χ2n) is 4.59. The van der Waals surface area contributed by atoms with Gasteiger partial charge in [-0.3, -0.25) is 10.1 Å². The molecule has 0 bridgehead atoms. The molecule has 0 heterocycles. The van der Waals surface area contributed by atoms with Crippen LogP contribution in [0.5, 0.6) is 0 Å². The molecule has 0 aliphatic carbocycles. The molecular weight excluding hydrogens is 223 g/mol. The minimum Gasteiger partial charge on any atom is -0.325 e. The topological polar surface area (TPSA) is 69.2 Å². The van der Waals surface area contributed by atoms with Crippen LogP contribution >= 0.6 is 0 Å². The van der Waals surface area contributed by atoms with E-state index in [0.717, 1.165) is 18.9 Å². The summed E-state index contributed by atoms with van der Waals surface area (Å²) < 4.78 is 13.8. The van der Waals surface area contributed by atoms with E-state index < -0.39 is 22.0 Å². The van der Waals surface area contributed by atoms with Crippen LogP contribution in [0.25, 0.3) is 0 Å². The lowest BCUT2D eigenvalue weighted by atomic mass is 9.89. The Kier molecular flexibility index (Phi) is 4.17. The Balaban J connectivity index is 3.00. The maximum absolute atomic E-state index is 13.8. The maximum atomic E-state index is 13.8. The molecule has 0 aliphatic heterocycles. The highest BCUT2D eigenvalue weighted by molar-refractivity contribution is 5.37. The molecule has 2 N–H and O–H groups in total. The van der Waals surface area contributed by atoms with Gasteiger partial charge in [0.1, 0.15) is 0 Å². The molecule has 0 saturated carbocycles. The van der Waals surface area contributed by atoms with E-state index in [1.165, 1.54) is 6.07 Å². The molecule has 4 nitrogen and oxygen atoms in total. The molecule has 1 aromatic rings. The van der Waals surface area contributed by atoms with E-state index >= 15 is 0 Å². The second kappa shape index (κ2) is 5.23. The molecule has 1 unspecified atom stereocenters. The third-order valence-electron chi connectivity index (χ3n) is 2.67. The zero-order chi connectivity index (χ0) is 13.1. The molecule has 0 aliphatic rings. The van der Waals surface area contributed by atoms with E-state index in [1.807, 2.05) is 13.8 Å². The molecule has 0 fully saturated rings. The SMILES string of the molecule is CCCC(C)(N)Cc1cccc([N+](=O)[O-])c1F. The van der Waals surface area contributed by atoms with Crippen molar-refractivity contribution in [1.29, 1.82) is 0 Å². The number of hydrogen-bond donors (Lipinski definition) is 1. The Morgan fingerprint density at radius 1 is 1.53 bits per heavy atom. The lowest BCUT2D eigenvalue weighted by Gasteiger charge is -2.24. The minimum atomic E-state index is -0.773. The van der Waals surface area contributed by atoms with Gasteiger partial charge in [-0.05, 0) is 25.3 Å². The van der Waals surface area contributed by atoms with Gasteiger partial charge in [-0.15, -0.1) is 0 Å². The normalized spacial score (nSPS) is 14.4. The highest BCUT2D eigenvalue weighted by Gasteiger charge is 2.23. The van der Waals surface area contributed by atoms with Crippen LogP contribution in [0.1, 0.15) is 32.3 Å². The largest absolute Gasteiger partial charge is 0.325 e. The van der Waals surface area contributed by atoms with Gasteiger partial charge in [0.25, 0.3) is 0 Å². The number of halogens is 1. The summed E-state index contributed by atoms with van der Waals surface area (Å²) in [5.41, 5.74) is 5.29. The molecule has 94 valence electrons. The molecule has 0 saturated heterocycles. The van der Waals surface area contributed by atoms with E-state index in [0.29, 0.717) is 12.0 Å². The Labute approximate surface area is 99.8 Å². The summed E-state index contributed by atoms with van der Waals surface area (Å²) in [5.74, 6) is -0.773. The van der Waals surface area contributed by atoms with Gasteiger partial charge in [0, 0.05) is 11.6 Å². The first-order valence-electron chi connectivity index (χ1n) is 5.58. The molecule has 5 heteroatoms. The molecule has 0 radical (unpaired) electrons. The average Bonchev–Trinajstić information content (AvgIpc) is 2.20. The Morgan fingerprint density at radius 3 is 2.71 bits per heavy atom. The summed E-state index contributed by atoms with van der Waals surface area (Å²) in [6, 6.07) is 4.19. The van der Waals surface area contributed by atoms with Crippen LogP contribution in [0, 0.1) is 15.9 Å². The third kappa shape index (κ3) is 3.49. The Bertz CT molecular complexity index is 419. The quantitative estimate of drug-likeness (QED) is 0.635. The molecule has 1 rings (SSSR count). The van der Waals surface area contributed by atoms with Crippen molar-refractivity contribution in [2.75, 3.05) is 0 Å². The Morgan fingerprint density at radius 2 is 2.18 bits per heavy atom. The first kappa shape index (κ1) is 13.6. The van der Waals surface area contributed by atoms with E-state index in [1.54, 1.807) is 6.07 Å². The number of hydrogen-bond acceptors (Lipinski definition) is 3. The highest BCUT2D eigenvalue weighted by atomic mass is 19.1. The molecule has 1 aromatic carbocycles. The van der Waals surface area contributed by atoms with Gasteiger partial charge in [0.15, 0.2) is 0 Å². The fraction of sp³-hybridized carbons (Fsp3) is 0.500. The first-order valence-corrected chi connectivity index (χ1v) is 5.58. The lowest BCUT2D eigenvalue weighted by molar-refractivity contribution is -0.387. The predicted octanol–water partition coefficient (Wildman–Crippen LogP) is 2.79. The monoisotopic (exact) mass is 240 g/mol. The fourth-order valence-corrected chi connectivity index (χ4v) is 1.94. The van der Waals surface area contributed by atoms with Gasteiger partial charge < -0.3 is 5.73 Å². The van der Waals surface area contributed by atoms with Crippen LogP contribution in [0.4, 0.5) is 10.1 Å². The van der Waals surface area contributed by atoms with Gasteiger partial charge >= 0.3 is 5.69 Å². The van der Waals surface area contributed by atoms with Crippen LogP contribution in [-0.4, -0.2) is 10.5 Å².